The highest BCUT2D eigenvalue weighted by Gasteiger charge is 2.14. The largest absolute Gasteiger partial charge is 0.482 e. The third-order valence-corrected chi connectivity index (χ3v) is 3.81. The van der Waals surface area contributed by atoms with Crippen molar-refractivity contribution in [2.75, 3.05) is 6.61 Å². The molecule has 25 heavy (non-hydrogen) atoms. The molecular weight excluding hydrogens is 346 g/mol. The number of hydrogen-bond donors (Lipinski definition) is 3. The molecule has 0 aliphatic heterocycles. The van der Waals surface area contributed by atoms with E-state index in [1.54, 1.807) is 24.3 Å². The van der Waals surface area contributed by atoms with Crippen LogP contribution in [0.25, 0.3) is 6.08 Å². The van der Waals surface area contributed by atoms with Crippen molar-refractivity contribution in [1.29, 1.82) is 0 Å². The number of rotatable bonds is 9. The Morgan fingerprint density at radius 1 is 1.36 bits per heavy atom. The van der Waals surface area contributed by atoms with Crippen molar-refractivity contribution in [3.63, 3.8) is 0 Å². The van der Waals surface area contributed by atoms with E-state index in [0.717, 1.165) is 24.6 Å². The molecule has 0 saturated heterocycles. The molecule has 9 heteroatoms. The molecule has 2 rings (SSSR count). The maximum Gasteiger partial charge on any atom is 0.342 e. The van der Waals surface area contributed by atoms with Crippen molar-refractivity contribution in [3.8, 4) is 5.75 Å². The summed E-state index contributed by atoms with van der Waals surface area (Å²) in [5, 5.41) is 25.1. The minimum absolute atomic E-state index is 0.0393. The van der Waals surface area contributed by atoms with Crippen LogP contribution >= 0.6 is 11.8 Å². The summed E-state index contributed by atoms with van der Waals surface area (Å²) in [4.78, 5) is 26.3. The fourth-order valence-corrected chi connectivity index (χ4v) is 2.62. The lowest BCUT2D eigenvalue weighted by molar-refractivity contribution is -0.139. The van der Waals surface area contributed by atoms with Crippen LogP contribution in [-0.2, 0) is 16.0 Å². The van der Waals surface area contributed by atoms with Gasteiger partial charge in [-0.15, -0.1) is 5.10 Å². The molecule has 0 fully saturated rings. The Hall–Kier alpha value is -2.81. The van der Waals surface area contributed by atoms with Gasteiger partial charge >= 0.3 is 11.9 Å². The number of carboxylic acid groups (broad SMARTS) is 2. The van der Waals surface area contributed by atoms with E-state index in [0.29, 0.717) is 22.3 Å². The van der Waals surface area contributed by atoms with Crippen LogP contribution < -0.4 is 4.74 Å². The zero-order valence-corrected chi connectivity index (χ0v) is 14.2. The number of thioether (sulfide) groups is 1. The number of nitrogens with one attached hydrogen (secondary N) is 1. The van der Waals surface area contributed by atoms with Crippen molar-refractivity contribution in [2.24, 2.45) is 0 Å². The summed E-state index contributed by atoms with van der Waals surface area (Å²) in [6.07, 6.45) is 3.10. The van der Waals surface area contributed by atoms with E-state index in [-0.39, 0.29) is 4.91 Å². The summed E-state index contributed by atoms with van der Waals surface area (Å²) in [6, 6.07) is 6.50. The molecule has 1 heterocycles. The van der Waals surface area contributed by atoms with Gasteiger partial charge < -0.3 is 14.9 Å². The van der Waals surface area contributed by atoms with Crippen LogP contribution in [0.5, 0.6) is 5.75 Å². The first-order valence-corrected chi connectivity index (χ1v) is 8.28. The van der Waals surface area contributed by atoms with Crippen LogP contribution in [0.2, 0.25) is 0 Å². The maximum absolute atomic E-state index is 11.5. The van der Waals surface area contributed by atoms with Gasteiger partial charge in [0.25, 0.3) is 0 Å². The maximum atomic E-state index is 11.5. The van der Waals surface area contributed by atoms with Crippen LogP contribution in [0.1, 0.15) is 24.7 Å². The van der Waals surface area contributed by atoms with Gasteiger partial charge in [0.05, 0.1) is 0 Å². The predicted octanol–water partition coefficient (Wildman–Crippen LogP) is 2.44. The third kappa shape index (κ3) is 5.96. The van der Waals surface area contributed by atoms with Gasteiger partial charge in [-0.2, -0.15) is 0 Å². The molecule has 0 atom stereocenters. The number of aromatic amines is 1. The topological polar surface area (TPSA) is 125 Å². The first kappa shape index (κ1) is 18.5. The minimum Gasteiger partial charge on any atom is -0.482 e. The molecule has 3 N–H and O–H groups in total. The standard InChI is InChI=1S/C16H17N3O5S/c1-2-4-13-17-16(19-18-13)25-12(15(22)23)8-10-5-3-6-11(7-10)24-9-14(20)21/h3,5-8H,2,4,9H2,1H3,(H,20,21)(H,22,23)(H,17,18,19)/b12-8-. The summed E-state index contributed by atoms with van der Waals surface area (Å²) >= 11 is 0.936. The number of ether oxygens (including phenoxy) is 1. The van der Waals surface area contributed by atoms with Crippen molar-refractivity contribution in [3.05, 3.63) is 40.6 Å². The summed E-state index contributed by atoms with van der Waals surface area (Å²) < 4.78 is 5.09. The smallest absolute Gasteiger partial charge is 0.342 e. The van der Waals surface area contributed by atoms with Crippen molar-refractivity contribution in [1.82, 2.24) is 15.2 Å². The molecule has 8 nitrogen and oxygen atoms in total. The number of aliphatic carboxylic acids is 2. The van der Waals surface area contributed by atoms with Gasteiger partial charge in [-0.25, -0.2) is 14.6 Å². The predicted molar refractivity (Wildman–Crippen MR) is 91.4 cm³/mol. The highest BCUT2D eigenvalue weighted by atomic mass is 32.2. The van der Waals surface area contributed by atoms with Gasteiger partial charge in [0.1, 0.15) is 16.5 Å². The Bertz CT molecular complexity index is 788. The fourth-order valence-electron chi connectivity index (χ4n) is 1.90. The van der Waals surface area contributed by atoms with Crippen molar-refractivity contribution in [2.45, 2.75) is 24.9 Å². The number of hydrogen-bond acceptors (Lipinski definition) is 6. The quantitative estimate of drug-likeness (QED) is 0.458. The number of aryl methyl sites for hydroxylation is 1. The van der Waals surface area contributed by atoms with E-state index in [1.807, 2.05) is 6.92 Å². The molecule has 1 aromatic heterocycles. The Labute approximate surface area is 147 Å². The zero-order valence-electron chi connectivity index (χ0n) is 13.4. The van der Waals surface area contributed by atoms with E-state index >= 15 is 0 Å². The number of H-pyrrole nitrogens is 1. The molecule has 0 bridgehead atoms. The molecule has 0 spiro atoms. The number of benzene rings is 1. The Morgan fingerprint density at radius 3 is 2.84 bits per heavy atom. The average molecular weight is 363 g/mol. The molecule has 0 aliphatic rings. The minimum atomic E-state index is -1.11. The van der Waals surface area contributed by atoms with Crippen LogP contribution in [0.15, 0.2) is 34.3 Å². The fraction of sp³-hybridized carbons (Fsp3) is 0.250. The summed E-state index contributed by atoms with van der Waals surface area (Å²) in [5.41, 5.74) is 0.567. The van der Waals surface area contributed by atoms with Gasteiger partial charge in [0, 0.05) is 6.42 Å². The molecule has 132 valence electrons. The van der Waals surface area contributed by atoms with Crippen molar-refractivity contribution >= 4 is 29.8 Å². The zero-order chi connectivity index (χ0) is 18.2. The number of carbonyl (C=O) groups is 2. The molecule has 2 aromatic rings. The van der Waals surface area contributed by atoms with Gasteiger partial charge in [-0.1, -0.05) is 19.1 Å². The molecule has 0 amide bonds. The van der Waals surface area contributed by atoms with Crippen molar-refractivity contribution < 1.29 is 24.5 Å². The van der Waals surface area contributed by atoms with Gasteiger partial charge in [-0.3, -0.25) is 5.10 Å². The number of nitrogens with zero attached hydrogens (tertiary/aromatic N) is 2. The lowest BCUT2D eigenvalue weighted by atomic mass is 10.2. The summed E-state index contributed by atoms with van der Waals surface area (Å²) in [7, 11) is 0. The second-order valence-electron chi connectivity index (χ2n) is 4.99. The third-order valence-electron chi connectivity index (χ3n) is 2.93. The van der Waals surface area contributed by atoms with Crippen LogP contribution in [-0.4, -0.2) is 43.9 Å². The molecular formula is C16H17N3O5S. The molecule has 0 radical (unpaired) electrons. The monoisotopic (exact) mass is 363 g/mol. The lowest BCUT2D eigenvalue weighted by Gasteiger charge is -2.04. The second-order valence-corrected chi connectivity index (χ2v) is 5.99. The van der Waals surface area contributed by atoms with E-state index in [9.17, 15) is 14.7 Å². The molecule has 1 aromatic carbocycles. The first-order chi connectivity index (χ1) is 12.0. The summed E-state index contributed by atoms with van der Waals surface area (Å²) in [6.45, 7) is 1.54. The van der Waals surface area contributed by atoms with Gasteiger partial charge in [-0.05, 0) is 42.0 Å². The first-order valence-electron chi connectivity index (χ1n) is 7.46. The van der Waals surface area contributed by atoms with E-state index < -0.39 is 18.5 Å². The normalized spacial score (nSPS) is 11.3. The van der Waals surface area contributed by atoms with Gasteiger partial charge in [0.2, 0.25) is 5.16 Å². The number of carboxylic acids is 2. The lowest BCUT2D eigenvalue weighted by Crippen LogP contribution is -2.09. The Balaban J connectivity index is 2.16. The molecule has 0 saturated carbocycles. The summed E-state index contributed by atoms with van der Waals surface area (Å²) in [5.74, 6) is -1.15. The molecule has 0 unspecified atom stereocenters. The Kier molecular flexibility index (Phi) is 6.58. The van der Waals surface area contributed by atoms with E-state index in [1.165, 1.54) is 6.08 Å². The second kappa shape index (κ2) is 8.88. The SMILES string of the molecule is CCCc1nc(S/C(=C\c2cccc(OCC(=O)O)c2)C(=O)O)n[nH]1. The highest BCUT2D eigenvalue weighted by Crippen LogP contribution is 2.26. The van der Waals surface area contributed by atoms with Crippen LogP contribution in [0, 0.1) is 0 Å². The van der Waals surface area contributed by atoms with E-state index in [4.69, 9.17) is 9.84 Å². The van der Waals surface area contributed by atoms with E-state index in [2.05, 4.69) is 15.2 Å². The highest BCUT2D eigenvalue weighted by molar-refractivity contribution is 8.04. The molecule has 0 aliphatic carbocycles. The average Bonchev–Trinajstić information content (AvgIpc) is 3.00. The van der Waals surface area contributed by atoms with Gasteiger partial charge in [0.15, 0.2) is 6.61 Å². The van der Waals surface area contributed by atoms with Crippen LogP contribution in [0.4, 0.5) is 0 Å². The Morgan fingerprint density at radius 2 is 2.16 bits per heavy atom. The number of aromatic nitrogens is 3. The van der Waals surface area contributed by atoms with Crippen LogP contribution in [0.3, 0.4) is 0 Å².